The molecule has 27 heavy (non-hydrogen) atoms. The molecular formula is C18H17Cl2N3O3S. The second-order valence-corrected chi connectivity index (χ2v) is 8.43. The summed E-state index contributed by atoms with van der Waals surface area (Å²) >= 11 is 11.9. The number of benzene rings is 2. The molecule has 1 N–H and O–H groups in total. The first-order valence-electron chi connectivity index (χ1n) is 8.03. The summed E-state index contributed by atoms with van der Waals surface area (Å²) in [6.07, 6.45) is 0.528. The van der Waals surface area contributed by atoms with Crippen molar-refractivity contribution < 1.29 is 13.2 Å². The Bertz CT molecular complexity index is 970. The van der Waals surface area contributed by atoms with E-state index in [4.69, 9.17) is 28.5 Å². The highest BCUT2D eigenvalue weighted by Gasteiger charge is 2.26. The Morgan fingerprint density at radius 3 is 2.44 bits per heavy atom. The van der Waals surface area contributed by atoms with Crippen LogP contribution in [-0.4, -0.2) is 31.7 Å². The standard InChI is InChI=1S/C18H17Cl2N3O3S/c1-2-9-23(27(25,26)15-6-3-13(11-21)4-7-15)12-18(24)22-17-10-14(19)5-8-16(17)20/h3-8,10H,2,9,12H2,1H3,(H,22,24). The molecule has 0 fully saturated rings. The molecule has 0 bridgehead atoms. The van der Waals surface area contributed by atoms with Gasteiger partial charge < -0.3 is 5.32 Å². The lowest BCUT2D eigenvalue weighted by atomic mass is 10.2. The van der Waals surface area contributed by atoms with E-state index in [9.17, 15) is 13.2 Å². The number of carbonyl (C=O) groups excluding carboxylic acids is 1. The summed E-state index contributed by atoms with van der Waals surface area (Å²) in [4.78, 5) is 12.4. The summed E-state index contributed by atoms with van der Waals surface area (Å²) in [7, 11) is -3.89. The molecule has 0 unspecified atom stereocenters. The molecule has 142 valence electrons. The van der Waals surface area contributed by atoms with Crippen LogP contribution in [0.15, 0.2) is 47.4 Å². The van der Waals surface area contributed by atoms with Crippen LogP contribution >= 0.6 is 23.2 Å². The van der Waals surface area contributed by atoms with Crippen LogP contribution in [-0.2, 0) is 14.8 Å². The molecule has 0 aliphatic rings. The second-order valence-electron chi connectivity index (χ2n) is 5.65. The van der Waals surface area contributed by atoms with Gasteiger partial charge in [-0.1, -0.05) is 30.1 Å². The Hall–Kier alpha value is -2.11. The molecule has 0 atom stereocenters. The Kier molecular flexibility index (Phi) is 7.22. The van der Waals surface area contributed by atoms with Gasteiger partial charge in [-0.15, -0.1) is 0 Å². The van der Waals surface area contributed by atoms with Gasteiger partial charge in [0.25, 0.3) is 0 Å². The molecule has 0 saturated heterocycles. The molecule has 1 amide bonds. The first-order chi connectivity index (χ1) is 12.8. The average Bonchev–Trinajstić information content (AvgIpc) is 2.64. The van der Waals surface area contributed by atoms with Crippen LogP contribution in [0, 0.1) is 11.3 Å². The minimum Gasteiger partial charge on any atom is -0.324 e. The maximum atomic E-state index is 12.8. The van der Waals surface area contributed by atoms with Gasteiger partial charge in [0.1, 0.15) is 0 Å². The van der Waals surface area contributed by atoms with Crippen LogP contribution < -0.4 is 5.32 Å². The molecule has 2 aromatic carbocycles. The molecule has 0 radical (unpaired) electrons. The summed E-state index contributed by atoms with van der Waals surface area (Å²) in [5.74, 6) is -0.537. The highest BCUT2D eigenvalue weighted by Crippen LogP contribution is 2.25. The van der Waals surface area contributed by atoms with E-state index in [-0.39, 0.29) is 18.0 Å². The fourth-order valence-electron chi connectivity index (χ4n) is 2.33. The van der Waals surface area contributed by atoms with Gasteiger partial charge in [-0.2, -0.15) is 9.57 Å². The minimum atomic E-state index is -3.89. The number of rotatable bonds is 7. The van der Waals surface area contributed by atoms with Gasteiger partial charge in [0.15, 0.2) is 0 Å². The molecule has 0 saturated carbocycles. The van der Waals surface area contributed by atoms with Gasteiger partial charge in [-0.05, 0) is 48.9 Å². The zero-order chi connectivity index (χ0) is 20.0. The monoisotopic (exact) mass is 425 g/mol. The van der Waals surface area contributed by atoms with Crippen molar-refractivity contribution >= 4 is 44.8 Å². The van der Waals surface area contributed by atoms with Crippen molar-refractivity contribution in [3.8, 4) is 6.07 Å². The molecule has 2 aromatic rings. The quantitative estimate of drug-likeness (QED) is 0.727. The lowest BCUT2D eigenvalue weighted by Crippen LogP contribution is -2.38. The van der Waals surface area contributed by atoms with Crippen molar-refractivity contribution in [2.75, 3.05) is 18.4 Å². The minimum absolute atomic E-state index is 0.0172. The third-order valence-corrected chi connectivity index (χ3v) is 6.04. The number of amides is 1. The number of hydrogen-bond donors (Lipinski definition) is 1. The Morgan fingerprint density at radius 2 is 1.85 bits per heavy atom. The van der Waals surface area contributed by atoms with Gasteiger partial charge >= 0.3 is 0 Å². The maximum absolute atomic E-state index is 12.8. The maximum Gasteiger partial charge on any atom is 0.243 e. The van der Waals surface area contributed by atoms with Crippen molar-refractivity contribution in [1.29, 1.82) is 5.26 Å². The summed E-state index contributed by atoms with van der Waals surface area (Å²) < 4.78 is 26.8. The summed E-state index contributed by atoms with van der Waals surface area (Å²) in [6, 6.07) is 12.1. The van der Waals surface area contributed by atoms with E-state index in [0.717, 1.165) is 4.31 Å². The number of anilines is 1. The van der Waals surface area contributed by atoms with E-state index < -0.39 is 15.9 Å². The lowest BCUT2D eigenvalue weighted by Gasteiger charge is -2.21. The summed E-state index contributed by atoms with van der Waals surface area (Å²) in [5, 5.41) is 12.1. The average molecular weight is 426 g/mol. The third kappa shape index (κ3) is 5.44. The van der Waals surface area contributed by atoms with Crippen molar-refractivity contribution in [2.24, 2.45) is 0 Å². The Balaban J connectivity index is 2.21. The highest BCUT2D eigenvalue weighted by molar-refractivity contribution is 7.89. The van der Waals surface area contributed by atoms with E-state index in [1.54, 1.807) is 6.07 Å². The smallest absolute Gasteiger partial charge is 0.243 e. The Morgan fingerprint density at radius 1 is 1.19 bits per heavy atom. The Labute approximate surface area is 168 Å². The molecule has 0 aromatic heterocycles. The first kappa shape index (κ1) is 21.2. The van der Waals surface area contributed by atoms with Crippen molar-refractivity contribution in [1.82, 2.24) is 4.31 Å². The molecule has 6 nitrogen and oxygen atoms in total. The normalized spacial score (nSPS) is 11.2. The SMILES string of the molecule is CCCN(CC(=O)Nc1cc(Cl)ccc1Cl)S(=O)(=O)c1ccc(C#N)cc1. The van der Waals surface area contributed by atoms with Crippen LogP contribution in [0.1, 0.15) is 18.9 Å². The van der Waals surface area contributed by atoms with E-state index in [2.05, 4.69) is 5.32 Å². The zero-order valence-corrected chi connectivity index (χ0v) is 16.8. The van der Waals surface area contributed by atoms with E-state index in [1.807, 2.05) is 13.0 Å². The van der Waals surface area contributed by atoms with Crippen LogP contribution in [0.25, 0.3) is 0 Å². The van der Waals surface area contributed by atoms with Gasteiger partial charge in [0, 0.05) is 11.6 Å². The van der Waals surface area contributed by atoms with Crippen molar-refractivity contribution in [2.45, 2.75) is 18.2 Å². The van der Waals surface area contributed by atoms with Crippen LogP contribution in [0.3, 0.4) is 0 Å². The number of hydrogen-bond acceptors (Lipinski definition) is 4. The topological polar surface area (TPSA) is 90.3 Å². The largest absolute Gasteiger partial charge is 0.324 e. The first-order valence-corrected chi connectivity index (χ1v) is 10.2. The van der Waals surface area contributed by atoms with Crippen molar-refractivity contribution in [3.05, 3.63) is 58.1 Å². The lowest BCUT2D eigenvalue weighted by molar-refractivity contribution is -0.116. The number of nitrogens with zero attached hydrogens (tertiary/aromatic N) is 2. The molecule has 2 rings (SSSR count). The number of nitriles is 1. The molecule has 0 spiro atoms. The van der Waals surface area contributed by atoms with Crippen LogP contribution in [0.4, 0.5) is 5.69 Å². The van der Waals surface area contributed by atoms with Crippen molar-refractivity contribution in [3.63, 3.8) is 0 Å². The third-order valence-electron chi connectivity index (χ3n) is 3.62. The van der Waals surface area contributed by atoms with E-state index >= 15 is 0 Å². The van der Waals surface area contributed by atoms with Crippen LogP contribution in [0.5, 0.6) is 0 Å². The number of nitrogens with one attached hydrogen (secondary N) is 1. The van der Waals surface area contributed by atoms with E-state index in [1.165, 1.54) is 36.4 Å². The highest BCUT2D eigenvalue weighted by atomic mass is 35.5. The number of sulfonamides is 1. The molecule has 0 aliphatic heterocycles. The fraction of sp³-hybridized carbons (Fsp3) is 0.222. The van der Waals surface area contributed by atoms with Crippen LogP contribution in [0.2, 0.25) is 10.0 Å². The molecule has 9 heteroatoms. The van der Waals surface area contributed by atoms with E-state index in [0.29, 0.717) is 27.7 Å². The second kappa shape index (κ2) is 9.20. The molecule has 0 heterocycles. The van der Waals surface area contributed by atoms with Gasteiger partial charge in [0.05, 0.1) is 33.8 Å². The number of halogens is 2. The fourth-order valence-corrected chi connectivity index (χ4v) is 4.15. The zero-order valence-electron chi connectivity index (χ0n) is 14.4. The molecule has 0 aliphatic carbocycles. The van der Waals surface area contributed by atoms with Gasteiger partial charge in [-0.3, -0.25) is 4.79 Å². The predicted octanol–water partition coefficient (Wildman–Crippen LogP) is 3.90. The molecular weight excluding hydrogens is 409 g/mol. The predicted molar refractivity (Wildman–Crippen MR) is 105 cm³/mol. The van der Waals surface area contributed by atoms with Gasteiger partial charge in [0.2, 0.25) is 15.9 Å². The summed E-state index contributed by atoms with van der Waals surface area (Å²) in [6.45, 7) is 1.60. The number of carbonyl (C=O) groups is 1. The summed E-state index contributed by atoms with van der Waals surface area (Å²) in [5.41, 5.74) is 0.658. The van der Waals surface area contributed by atoms with Gasteiger partial charge in [-0.25, -0.2) is 8.42 Å².